The molecule has 0 saturated carbocycles. The van der Waals surface area contributed by atoms with Crippen LogP contribution in [0.5, 0.6) is 0 Å². The monoisotopic (exact) mass is 251 g/mol. The summed E-state index contributed by atoms with van der Waals surface area (Å²) in [5.74, 6) is 0.462. The number of nitrogens with zero attached hydrogens (tertiary/aromatic N) is 5. The van der Waals surface area contributed by atoms with Crippen LogP contribution >= 0.6 is 0 Å². The minimum atomic E-state index is 0.462. The van der Waals surface area contributed by atoms with Crippen molar-refractivity contribution in [2.45, 2.75) is 38.8 Å². The van der Waals surface area contributed by atoms with E-state index in [2.05, 4.69) is 54.3 Å². The molecule has 102 valence electrons. The minimum absolute atomic E-state index is 0.462. The third-order valence-corrected chi connectivity index (χ3v) is 3.77. The van der Waals surface area contributed by atoms with Gasteiger partial charge in [0.1, 0.15) is 0 Å². The topological polar surface area (TPSA) is 37.2 Å². The third-order valence-electron chi connectivity index (χ3n) is 3.77. The van der Waals surface area contributed by atoms with E-state index < -0.39 is 0 Å². The second-order valence-electron chi connectivity index (χ2n) is 5.77. The first-order chi connectivity index (χ1) is 8.56. The van der Waals surface area contributed by atoms with Gasteiger partial charge in [-0.1, -0.05) is 19.1 Å². The van der Waals surface area contributed by atoms with Gasteiger partial charge < -0.3 is 4.90 Å². The molecule has 0 aromatic carbocycles. The van der Waals surface area contributed by atoms with Crippen LogP contribution in [0.2, 0.25) is 0 Å². The Bertz CT molecular complexity index is 371. The minimum Gasteiger partial charge on any atom is -0.305 e. The SMILES string of the molecule is CC(C)c1cn(CCN2CCC(N(C)C)C2)nn1. The van der Waals surface area contributed by atoms with Crippen molar-refractivity contribution in [1.29, 1.82) is 0 Å². The highest BCUT2D eigenvalue weighted by molar-refractivity contribution is 4.98. The molecule has 1 aliphatic heterocycles. The Labute approximate surface area is 110 Å². The van der Waals surface area contributed by atoms with Gasteiger partial charge in [-0.25, -0.2) is 0 Å². The van der Waals surface area contributed by atoms with Crippen molar-refractivity contribution in [2.24, 2.45) is 0 Å². The van der Waals surface area contributed by atoms with Crippen LogP contribution in [-0.4, -0.2) is 64.6 Å². The van der Waals surface area contributed by atoms with Crippen LogP contribution in [0.4, 0.5) is 0 Å². The number of aromatic nitrogens is 3. The standard InChI is InChI=1S/C13H25N5/c1-11(2)13-10-18(15-14-13)8-7-17-6-5-12(9-17)16(3)4/h10-12H,5-9H2,1-4H3. The highest BCUT2D eigenvalue weighted by Crippen LogP contribution is 2.13. The average molecular weight is 251 g/mol. The lowest BCUT2D eigenvalue weighted by Crippen LogP contribution is -2.32. The smallest absolute Gasteiger partial charge is 0.0852 e. The van der Waals surface area contributed by atoms with Gasteiger partial charge in [0.25, 0.3) is 0 Å². The Morgan fingerprint density at radius 1 is 1.39 bits per heavy atom. The molecule has 0 aliphatic carbocycles. The van der Waals surface area contributed by atoms with Crippen molar-refractivity contribution in [3.63, 3.8) is 0 Å². The summed E-state index contributed by atoms with van der Waals surface area (Å²) >= 11 is 0. The zero-order valence-corrected chi connectivity index (χ0v) is 12.0. The zero-order valence-electron chi connectivity index (χ0n) is 12.0. The maximum atomic E-state index is 4.19. The summed E-state index contributed by atoms with van der Waals surface area (Å²) in [4.78, 5) is 4.84. The predicted molar refractivity (Wildman–Crippen MR) is 72.6 cm³/mol. The molecule has 2 rings (SSSR count). The van der Waals surface area contributed by atoms with E-state index in [1.807, 2.05) is 4.68 Å². The summed E-state index contributed by atoms with van der Waals surface area (Å²) in [6, 6.07) is 0.715. The van der Waals surface area contributed by atoms with Crippen molar-refractivity contribution >= 4 is 0 Å². The summed E-state index contributed by atoms with van der Waals surface area (Å²) in [6.07, 6.45) is 3.35. The highest BCUT2D eigenvalue weighted by Gasteiger charge is 2.23. The van der Waals surface area contributed by atoms with E-state index in [0.717, 1.165) is 18.8 Å². The Balaban J connectivity index is 1.78. The Kier molecular flexibility index (Phi) is 4.35. The molecule has 2 heterocycles. The summed E-state index contributed by atoms with van der Waals surface area (Å²) < 4.78 is 1.97. The zero-order chi connectivity index (χ0) is 13.1. The van der Waals surface area contributed by atoms with E-state index in [4.69, 9.17) is 0 Å². The first-order valence-electron chi connectivity index (χ1n) is 6.85. The fraction of sp³-hybridized carbons (Fsp3) is 0.846. The van der Waals surface area contributed by atoms with Crippen LogP contribution in [-0.2, 0) is 6.54 Å². The van der Waals surface area contributed by atoms with E-state index in [1.54, 1.807) is 0 Å². The molecule has 1 aromatic heterocycles. The second-order valence-corrected chi connectivity index (χ2v) is 5.77. The molecule has 1 saturated heterocycles. The molecule has 0 bridgehead atoms. The van der Waals surface area contributed by atoms with Crippen LogP contribution < -0.4 is 0 Å². The molecule has 5 nitrogen and oxygen atoms in total. The lowest BCUT2D eigenvalue weighted by Gasteiger charge is -2.20. The van der Waals surface area contributed by atoms with Gasteiger partial charge in [0.2, 0.25) is 0 Å². The number of rotatable bonds is 5. The molecule has 18 heavy (non-hydrogen) atoms. The molecule has 0 amide bonds. The van der Waals surface area contributed by atoms with Gasteiger partial charge in [0.05, 0.1) is 12.2 Å². The molecular weight excluding hydrogens is 226 g/mol. The quantitative estimate of drug-likeness (QED) is 0.783. The fourth-order valence-electron chi connectivity index (χ4n) is 2.37. The van der Waals surface area contributed by atoms with Crippen molar-refractivity contribution in [2.75, 3.05) is 33.7 Å². The van der Waals surface area contributed by atoms with Gasteiger partial charge in [-0.2, -0.15) is 0 Å². The second kappa shape index (κ2) is 5.80. The van der Waals surface area contributed by atoms with Crippen molar-refractivity contribution < 1.29 is 0 Å². The average Bonchev–Trinajstić information content (AvgIpc) is 2.95. The Hall–Kier alpha value is -0.940. The molecule has 1 aromatic rings. The fourth-order valence-corrected chi connectivity index (χ4v) is 2.37. The van der Waals surface area contributed by atoms with E-state index in [1.165, 1.54) is 19.5 Å². The van der Waals surface area contributed by atoms with Gasteiger partial charge in [-0.3, -0.25) is 9.58 Å². The summed E-state index contributed by atoms with van der Waals surface area (Å²) in [7, 11) is 4.33. The lowest BCUT2D eigenvalue weighted by atomic mass is 10.2. The van der Waals surface area contributed by atoms with Crippen LogP contribution in [0.15, 0.2) is 6.20 Å². The van der Waals surface area contributed by atoms with Crippen molar-refractivity contribution in [3.8, 4) is 0 Å². The first kappa shape index (κ1) is 13.5. The van der Waals surface area contributed by atoms with Crippen molar-refractivity contribution in [3.05, 3.63) is 11.9 Å². The molecule has 1 atom stereocenters. The Morgan fingerprint density at radius 2 is 2.17 bits per heavy atom. The number of likely N-dealkylation sites (tertiary alicyclic amines) is 1. The summed E-state index contributed by atoms with van der Waals surface area (Å²) in [5, 5.41) is 8.37. The molecule has 1 aliphatic rings. The molecular formula is C13H25N5. The molecule has 0 N–H and O–H groups in total. The van der Waals surface area contributed by atoms with Crippen LogP contribution in [0.3, 0.4) is 0 Å². The van der Waals surface area contributed by atoms with E-state index in [9.17, 15) is 0 Å². The number of hydrogen-bond donors (Lipinski definition) is 0. The predicted octanol–water partition coefficient (Wildman–Crippen LogP) is 1.04. The lowest BCUT2D eigenvalue weighted by molar-refractivity contribution is 0.260. The molecule has 1 unspecified atom stereocenters. The Morgan fingerprint density at radius 3 is 2.72 bits per heavy atom. The van der Waals surface area contributed by atoms with Gasteiger partial charge in [0, 0.05) is 25.3 Å². The summed E-state index contributed by atoms with van der Waals surface area (Å²) in [6.45, 7) is 8.70. The van der Waals surface area contributed by atoms with Gasteiger partial charge in [0.15, 0.2) is 0 Å². The maximum absolute atomic E-state index is 4.19. The maximum Gasteiger partial charge on any atom is 0.0852 e. The number of likely N-dealkylation sites (N-methyl/N-ethyl adjacent to an activating group) is 1. The molecule has 1 fully saturated rings. The van der Waals surface area contributed by atoms with Crippen LogP contribution in [0.25, 0.3) is 0 Å². The molecule has 0 radical (unpaired) electrons. The van der Waals surface area contributed by atoms with E-state index in [-0.39, 0.29) is 0 Å². The normalized spacial score (nSPS) is 21.3. The van der Waals surface area contributed by atoms with Gasteiger partial charge >= 0.3 is 0 Å². The van der Waals surface area contributed by atoms with Gasteiger partial charge in [-0.05, 0) is 33.0 Å². The first-order valence-corrected chi connectivity index (χ1v) is 6.85. The van der Waals surface area contributed by atoms with Crippen LogP contribution in [0, 0.1) is 0 Å². The third kappa shape index (κ3) is 3.29. The largest absolute Gasteiger partial charge is 0.305 e. The molecule has 0 spiro atoms. The molecule has 5 heteroatoms. The van der Waals surface area contributed by atoms with Crippen LogP contribution in [0.1, 0.15) is 31.9 Å². The van der Waals surface area contributed by atoms with E-state index in [0.29, 0.717) is 12.0 Å². The van der Waals surface area contributed by atoms with E-state index >= 15 is 0 Å². The highest BCUT2D eigenvalue weighted by atomic mass is 15.4. The van der Waals surface area contributed by atoms with Crippen molar-refractivity contribution in [1.82, 2.24) is 24.8 Å². The summed E-state index contributed by atoms with van der Waals surface area (Å²) in [5.41, 5.74) is 1.09. The van der Waals surface area contributed by atoms with Gasteiger partial charge in [-0.15, -0.1) is 5.10 Å². The number of hydrogen-bond acceptors (Lipinski definition) is 4.